The third-order valence-electron chi connectivity index (χ3n) is 4.51. The normalized spacial score (nSPS) is 20.1. The van der Waals surface area contributed by atoms with Gasteiger partial charge in [-0.2, -0.15) is 4.39 Å². The lowest BCUT2D eigenvalue weighted by Gasteiger charge is -2.37. The highest BCUT2D eigenvalue weighted by Crippen LogP contribution is 2.24. The minimum absolute atomic E-state index is 0.462. The molecule has 132 valence electrons. The molecule has 0 bridgehead atoms. The average molecular weight is 342 g/mol. The maximum Gasteiger partial charge on any atom is 0.227 e. The van der Waals surface area contributed by atoms with Crippen molar-refractivity contribution in [1.82, 2.24) is 9.21 Å². The summed E-state index contributed by atoms with van der Waals surface area (Å²) in [4.78, 5) is 6.81. The first-order valence-corrected chi connectivity index (χ1v) is 9.43. The second-order valence-corrected chi connectivity index (χ2v) is 7.51. The number of hydrogen-bond donors (Lipinski definition) is 0. The minimum atomic E-state index is -0.462. The van der Waals surface area contributed by atoms with E-state index in [1.54, 1.807) is 6.08 Å². The molecule has 1 unspecified atom stereocenters. The van der Waals surface area contributed by atoms with Crippen LogP contribution < -0.4 is 0 Å². The van der Waals surface area contributed by atoms with Crippen LogP contribution in [-0.2, 0) is 0 Å². The Hall–Kier alpha value is -0.650. The first-order chi connectivity index (χ1) is 11.0. The van der Waals surface area contributed by atoms with Crippen LogP contribution >= 0.6 is 11.9 Å². The van der Waals surface area contributed by atoms with E-state index in [4.69, 9.17) is 0 Å². The van der Waals surface area contributed by atoms with Crippen LogP contribution in [0.25, 0.3) is 0 Å². The summed E-state index contributed by atoms with van der Waals surface area (Å²) >= 11 is 1.41. The van der Waals surface area contributed by atoms with Crippen LogP contribution in [0.5, 0.6) is 0 Å². The van der Waals surface area contributed by atoms with Gasteiger partial charge in [0.25, 0.3) is 0 Å². The van der Waals surface area contributed by atoms with Crippen molar-refractivity contribution >= 4 is 17.9 Å². The Morgan fingerprint density at radius 2 is 2.13 bits per heavy atom. The number of piperidine rings is 1. The van der Waals surface area contributed by atoms with E-state index < -0.39 is 5.97 Å². The van der Waals surface area contributed by atoms with Crippen LogP contribution in [0.4, 0.5) is 4.39 Å². The van der Waals surface area contributed by atoms with Crippen molar-refractivity contribution in [3.63, 3.8) is 0 Å². The predicted molar refractivity (Wildman–Crippen MR) is 101 cm³/mol. The summed E-state index contributed by atoms with van der Waals surface area (Å²) in [5.74, 6) is 0.405. The van der Waals surface area contributed by atoms with E-state index in [1.165, 1.54) is 50.5 Å². The van der Waals surface area contributed by atoms with Crippen LogP contribution in [0.15, 0.2) is 28.8 Å². The van der Waals surface area contributed by atoms with Gasteiger partial charge in [-0.25, -0.2) is 9.30 Å². The number of aliphatic imine (C=N–C) groups is 1. The standard InChI is InChI=1S/C18H32FN3S/c1-6-16(22-13-9-15(4)10-14-22)11-12-21(5)23-17(7-2)18(19)20-8-3/h7-8,15-16H,3,6,9-14H2,1-2,4-5H3/b17-7+,20-18+. The van der Waals surface area contributed by atoms with Crippen LogP contribution in [0.1, 0.15) is 46.5 Å². The van der Waals surface area contributed by atoms with E-state index >= 15 is 0 Å². The quantitative estimate of drug-likeness (QED) is 0.440. The van der Waals surface area contributed by atoms with Crippen molar-refractivity contribution in [1.29, 1.82) is 0 Å². The Labute approximate surface area is 145 Å². The summed E-state index contributed by atoms with van der Waals surface area (Å²) in [6.45, 7) is 13.3. The van der Waals surface area contributed by atoms with Gasteiger partial charge in [0.1, 0.15) is 0 Å². The number of rotatable bonds is 9. The number of halogens is 1. The molecule has 0 N–H and O–H groups in total. The van der Waals surface area contributed by atoms with Gasteiger partial charge in [-0.3, -0.25) is 0 Å². The average Bonchev–Trinajstić information content (AvgIpc) is 2.54. The molecule has 1 heterocycles. The Morgan fingerprint density at radius 3 is 2.65 bits per heavy atom. The molecule has 0 aliphatic carbocycles. The summed E-state index contributed by atoms with van der Waals surface area (Å²) in [6.07, 6.45) is 7.91. The zero-order chi connectivity index (χ0) is 17.2. The molecular weight excluding hydrogens is 309 g/mol. The highest BCUT2D eigenvalue weighted by molar-refractivity contribution is 8.01. The van der Waals surface area contributed by atoms with E-state index in [-0.39, 0.29) is 0 Å². The van der Waals surface area contributed by atoms with Gasteiger partial charge in [0, 0.05) is 18.8 Å². The number of allylic oxidation sites excluding steroid dienone is 2. The van der Waals surface area contributed by atoms with Crippen molar-refractivity contribution in [2.24, 2.45) is 10.9 Å². The molecule has 1 fully saturated rings. The Kier molecular flexibility index (Phi) is 9.75. The third-order valence-corrected chi connectivity index (χ3v) is 5.60. The van der Waals surface area contributed by atoms with Crippen molar-refractivity contribution < 1.29 is 4.39 Å². The maximum absolute atomic E-state index is 13.8. The third kappa shape index (κ3) is 7.19. The lowest BCUT2D eigenvalue weighted by atomic mass is 9.96. The van der Waals surface area contributed by atoms with Gasteiger partial charge in [0.15, 0.2) is 0 Å². The lowest BCUT2D eigenvalue weighted by Crippen LogP contribution is -2.41. The molecule has 0 radical (unpaired) electrons. The zero-order valence-corrected chi connectivity index (χ0v) is 15.9. The smallest absolute Gasteiger partial charge is 0.227 e. The molecule has 1 atom stereocenters. The Bertz CT molecular complexity index is 414. The van der Waals surface area contributed by atoms with Gasteiger partial charge in [-0.1, -0.05) is 26.5 Å². The van der Waals surface area contributed by atoms with E-state index in [0.717, 1.165) is 18.9 Å². The molecule has 0 saturated carbocycles. The molecule has 0 aromatic heterocycles. The fourth-order valence-electron chi connectivity index (χ4n) is 2.94. The predicted octanol–water partition coefficient (Wildman–Crippen LogP) is 4.88. The van der Waals surface area contributed by atoms with E-state index in [0.29, 0.717) is 10.9 Å². The van der Waals surface area contributed by atoms with Gasteiger partial charge >= 0.3 is 0 Å². The van der Waals surface area contributed by atoms with Crippen LogP contribution in [0.3, 0.4) is 0 Å². The van der Waals surface area contributed by atoms with E-state index in [9.17, 15) is 4.39 Å². The fourth-order valence-corrected chi connectivity index (χ4v) is 3.70. The molecule has 23 heavy (non-hydrogen) atoms. The SMILES string of the molecule is C=C/N=C(F)\C(=C/C)SN(C)CCC(CC)N1CCC(C)CC1. The van der Waals surface area contributed by atoms with Gasteiger partial charge in [0.2, 0.25) is 5.97 Å². The van der Waals surface area contributed by atoms with Crippen molar-refractivity contribution in [3.8, 4) is 0 Å². The van der Waals surface area contributed by atoms with Crippen molar-refractivity contribution in [2.45, 2.75) is 52.5 Å². The minimum Gasteiger partial charge on any atom is -0.300 e. The lowest BCUT2D eigenvalue weighted by molar-refractivity contribution is 0.125. The molecule has 0 aromatic carbocycles. The second kappa shape index (κ2) is 11.0. The molecule has 0 amide bonds. The molecular formula is C18H32FN3S. The number of likely N-dealkylation sites (tertiary alicyclic amines) is 1. The summed E-state index contributed by atoms with van der Waals surface area (Å²) in [5, 5.41) is 0. The van der Waals surface area contributed by atoms with Gasteiger partial charge in [0.05, 0.1) is 4.91 Å². The van der Waals surface area contributed by atoms with Crippen LogP contribution in [0, 0.1) is 5.92 Å². The first-order valence-electron chi connectivity index (χ1n) is 8.65. The Morgan fingerprint density at radius 1 is 1.48 bits per heavy atom. The molecule has 3 nitrogen and oxygen atoms in total. The highest BCUT2D eigenvalue weighted by atomic mass is 32.2. The second-order valence-electron chi connectivity index (χ2n) is 6.27. The summed E-state index contributed by atoms with van der Waals surface area (Å²) in [7, 11) is 2.01. The largest absolute Gasteiger partial charge is 0.300 e. The van der Waals surface area contributed by atoms with Gasteiger partial charge in [-0.15, -0.1) is 0 Å². The molecule has 1 rings (SSSR count). The number of hydrogen-bond acceptors (Lipinski definition) is 4. The fraction of sp³-hybridized carbons (Fsp3) is 0.722. The maximum atomic E-state index is 13.8. The van der Waals surface area contributed by atoms with E-state index in [2.05, 4.69) is 34.6 Å². The highest BCUT2D eigenvalue weighted by Gasteiger charge is 2.22. The Balaban J connectivity index is 2.45. The first kappa shape index (κ1) is 20.4. The van der Waals surface area contributed by atoms with Gasteiger partial charge < -0.3 is 4.90 Å². The monoisotopic (exact) mass is 341 g/mol. The summed E-state index contributed by atoms with van der Waals surface area (Å²) < 4.78 is 15.9. The number of nitrogens with zero attached hydrogens (tertiary/aromatic N) is 3. The zero-order valence-electron chi connectivity index (χ0n) is 15.1. The molecule has 5 heteroatoms. The summed E-state index contributed by atoms with van der Waals surface area (Å²) in [5.41, 5.74) is 0. The van der Waals surface area contributed by atoms with Crippen molar-refractivity contribution in [3.05, 3.63) is 23.8 Å². The van der Waals surface area contributed by atoms with Crippen LogP contribution in [-0.4, -0.2) is 47.9 Å². The van der Waals surface area contributed by atoms with Gasteiger partial charge in [-0.05, 0) is 70.6 Å². The molecule has 0 spiro atoms. The topological polar surface area (TPSA) is 18.8 Å². The summed E-state index contributed by atoms with van der Waals surface area (Å²) in [6, 6.07) is 0.631. The molecule has 1 aliphatic rings. The van der Waals surface area contributed by atoms with Crippen molar-refractivity contribution in [2.75, 3.05) is 26.7 Å². The van der Waals surface area contributed by atoms with Crippen LogP contribution in [0.2, 0.25) is 0 Å². The van der Waals surface area contributed by atoms with E-state index in [1.807, 2.05) is 14.0 Å². The molecule has 1 aliphatic heterocycles. The molecule has 1 saturated heterocycles. The molecule has 0 aromatic rings.